The number of hydrogen-bond donors (Lipinski definition) is 0. The second-order valence-corrected chi connectivity index (χ2v) is 6.41. The number of hydrogen-bond acceptors (Lipinski definition) is 2. The lowest BCUT2D eigenvalue weighted by Gasteiger charge is -2.16. The molecule has 2 heteroatoms. The molecule has 0 aromatic heterocycles. The third-order valence-electron chi connectivity index (χ3n) is 3.41. The van der Waals surface area contributed by atoms with Gasteiger partial charge in [-0.3, -0.25) is 0 Å². The Labute approximate surface area is 122 Å². The second kappa shape index (κ2) is 6.17. The Balaban J connectivity index is 2.21. The van der Waals surface area contributed by atoms with Crippen molar-refractivity contribution in [2.45, 2.75) is 52.1 Å². The molecule has 0 bridgehead atoms. The van der Waals surface area contributed by atoms with E-state index in [2.05, 4.69) is 74.3 Å². The van der Waals surface area contributed by atoms with Gasteiger partial charge in [-0.15, -0.1) is 0 Å². The highest BCUT2D eigenvalue weighted by Gasteiger charge is 2.17. The average Bonchev–Trinajstić information content (AvgIpc) is 2.80. The summed E-state index contributed by atoms with van der Waals surface area (Å²) in [5.74, 6) is 0. The molecule has 0 fully saturated rings. The molecule has 2 nitrogen and oxygen atoms in total. The van der Waals surface area contributed by atoms with E-state index < -0.39 is 0 Å². The van der Waals surface area contributed by atoms with E-state index in [1.807, 2.05) is 6.07 Å². The maximum atomic E-state index is 4.63. The van der Waals surface area contributed by atoms with Crippen LogP contribution in [0.25, 0.3) is 0 Å². The number of nitrogens with zero attached hydrogens (tertiary/aromatic N) is 2. The van der Waals surface area contributed by atoms with Crippen molar-refractivity contribution >= 4 is 0 Å². The molecule has 0 radical (unpaired) electrons. The van der Waals surface area contributed by atoms with Gasteiger partial charge in [-0.1, -0.05) is 53.6 Å². The molecule has 0 saturated carbocycles. The van der Waals surface area contributed by atoms with Crippen molar-refractivity contribution in [3.8, 4) is 0 Å². The van der Waals surface area contributed by atoms with Crippen LogP contribution in [0.15, 0.2) is 63.9 Å². The smallest absolute Gasteiger partial charge is 0.0995 e. The van der Waals surface area contributed by atoms with Crippen LogP contribution in [-0.4, -0.2) is 5.54 Å². The number of benzene rings is 1. The van der Waals surface area contributed by atoms with Crippen LogP contribution < -0.4 is 0 Å². The van der Waals surface area contributed by atoms with Gasteiger partial charge in [0.25, 0.3) is 0 Å². The van der Waals surface area contributed by atoms with Crippen molar-refractivity contribution in [1.82, 2.24) is 0 Å². The first-order valence-electron chi connectivity index (χ1n) is 7.28. The summed E-state index contributed by atoms with van der Waals surface area (Å²) in [5.41, 5.74) is 3.99. The molecule has 1 aromatic rings. The largest absolute Gasteiger partial charge is 0.188 e. The molecule has 0 aliphatic heterocycles. The van der Waals surface area contributed by atoms with Crippen LogP contribution >= 0.6 is 0 Å². The predicted octanol–water partition coefficient (Wildman–Crippen LogP) is 5.64. The van der Waals surface area contributed by atoms with E-state index in [1.165, 1.54) is 16.7 Å². The summed E-state index contributed by atoms with van der Waals surface area (Å²) in [4.78, 5) is 0. The maximum Gasteiger partial charge on any atom is 0.0995 e. The van der Waals surface area contributed by atoms with Crippen LogP contribution in [0.4, 0.5) is 0 Å². The van der Waals surface area contributed by atoms with Crippen LogP contribution in [-0.2, 0) is 0 Å². The Hall–Kier alpha value is -1.70. The van der Waals surface area contributed by atoms with E-state index in [0.717, 1.165) is 12.8 Å². The third-order valence-corrected chi connectivity index (χ3v) is 3.41. The lowest BCUT2D eigenvalue weighted by Crippen LogP contribution is -2.09. The summed E-state index contributed by atoms with van der Waals surface area (Å²) in [6, 6.07) is 10.6. The molecule has 2 rings (SSSR count). The van der Waals surface area contributed by atoms with Crippen molar-refractivity contribution in [1.29, 1.82) is 0 Å². The fraction of sp³-hybridized carbons (Fsp3) is 0.444. The summed E-state index contributed by atoms with van der Waals surface area (Å²) in [6.07, 6.45) is 6.45. The SMILES string of the molecule is CC1=C(CC(N=NC(C)(C)C)c2ccccc2)CC=C1. The van der Waals surface area contributed by atoms with E-state index in [0.29, 0.717) is 0 Å². The summed E-state index contributed by atoms with van der Waals surface area (Å²) in [7, 11) is 0. The first-order chi connectivity index (χ1) is 9.46. The first kappa shape index (κ1) is 14.7. The van der Waals surface area contributed by atoms with E-state index in [9.17, 15) is 0 Å². The number of azo groups is 1. The van der Waals surface area contributed by atoms with E-state index in [4.69, 9.17) is 0 Å². The molecule has 20 heavy (non-hydrogen) atoms. The molecule has 0 saturated heterocycles. The van der Waals surface area contributed by atoms with Crippen molar-refractivity contribution in [2.24, 2.45) is 10.2 Å². The minimum atomic E-state index is -0.121. The van der Waals surface area contributed by atoms with E-state index in [1.54, 1.807) is 0 Å². The molecule has 0 amide bonds. The first-order valence-corrected chi connectivity index (χ1v) is 7.28. The molecule has 106 valence electrons. The lowest BCUT2D eigenvalue weighted by molar-refractivity contribution is 0.509. The fourth-order valence-electron chi connectivity index (χ4n) is 2.28. The van der Waals surface area contributed by atoms with Gasteiger partial charge in [0.1, 0.15) is 0 Å². The Morgan fingerprint density at radius 3 is 2.40 bits per heavy atom. The van der Waals surface area contributed by atoms with E-state index in [-0.39, 0.29) is 11.6 Å². The highest BCUT2D eigenvalue weighted by molar-refractivity contribution is 5.34. The molecular formula is C18H24N2. The fourth-order valence-corrected chi connectivity index (χ4v) is 2.28. The molecule has 1 aliphatic carbocycles. The summed E-state index contributed by atoms with van der Waals surface area (Å²) < 4.78 is 0. The van der Waals surface area contributed by atoms with Gasteiger partial charge in [0, 0.05) is 0 Å². The molecule has 1 atom stereocenters. The minimum Gasteiger partial charge on any atom is -0.188 e. The van der Waals surface area contributed by atoms with Crippen LogP contribution in [0.1, 0.15) is 52.1 Å². The highest BCUT2D eigenvalue weighted by atomic mass is 15.2. The number of rotatable bonds is 4. The highest BCUT2D eigenvalue weighted by Crippen LogP contribution is 2.32. The Bertz CT molecular complexity index is 530. The maximum absolute atomic E-state index is 4.63. The van der Waals surface area contributed by atoms with Crippen molar-refractivity contribution in [2.75, 3.05) is 0 Å². The zero-order valence-corrected chi connectivity index (χ0v) is 12.9. The van der Waals surface area contributed by atoms with Gasteiger partial charge in [0.05, 0.1) is 11.6 Å². The third kappa shape index (κ3) is 4.16. The zero-order chi connectivity index (χ0) is 14.6. The molecule has 1 aliphatic rings. The lowest BCUT2D eigenvalue weighted by atomic mass is 9.97. The Kier molecular flexibility index (Phi) is 4.53. The molecule has 0 N–H and O–H groups in total. The Morgan fingerprint density at radius 1 is 1.15 bits per heavy atom. The molecule has 0 heterocycles. The van der Waals surface area contributed by atoms with Gasteiger partial charge in [0.2, 0.25) is 0 Å². The molecule has 1 unspecified atom stereocenters. The van der Waals surface area contributed by atoms with Crippen molar-refractivity contribution in [3.63, 3.8) is 0 Å². The van der Waals surface area contributed by atoms with Crippen LogP contribution in [0.5, 0.6) is 0 Å². The van der Waals surface area contributed by atoms with Gasteiger partial charge >= 0.3 is 0 Å². The number of allylic oxidation sites excluding steroid dienone is 3. The quantitative estimate of drug-likeness (QED) is 0.631. The van der Waals surface area contributed by atoms with Crippen LogP contribution in [0.3, 0.4) is 0 Å². The predicted molar refractivity (Wildman–Crippen MR) is 84.9 cm³/mol. The normalized spacial score (nSPS) is 17.2. The van der Waals surface area contributed by atoms with Gasteiger partial charge in [-0.05, 0) is 46.1 Å². The Morgan fingerprint density at radius 2 is 1.85 bits per heavy atom. The molecule has 0 spiro atoms. The van der Waals surface area contributed by atoms with Gasteiger partial charge in [-0.2, -0.15) is 10.2 Å². The summed E-state index contributed by atoms with van der Waals surface area (Å²) >= 11 is 0. The summed E-state index contributed by atoms with van der Waals surface area (Å²) in [5, 5.41) is 9.11. The molecule has 1 aromatic carbocycles. The molecular weight excluding hydrogens is 244 g/mol. The average molecular weight is 268 g/mol. The summed E-state index contributed by atoms with van der Waals surface area (Å²) in [6.45, 7) is 8.43. The van der Waals surface area contributed by atoms with Crippen LogP contribution in [0.2, 0.25) is 0 Å². The van der Waals surface area contributed by atoms with Gasteiger partial charge < -0.3 is 0 Å². The van der Waals surface area contributed by atoms with E-state index >= 15 is 0 Å². The van der Waals surface area contributed by atoms with Crippen LogP contribution in [0, 0.1) is 0 Å². The van der Waals surface area contributed by atoms with Crippen molar-refractivity contribution < 1.29 is 0 Å². The van der Waals surface area contributed by atoms with Gasteiger partial charge in [-0.25, -0.2) is 0 Å². The topological polar surface area (TPSA) is 24.7 Å². The zero-order valence-electron chi connectivity index (χ0n) is 12.9. The monoisotopic (exact) mass is 268 g/mol. The van der Waals surface area contributed by atoms with Crippen molar-refractivity contribution in [3.05, 3.63) is 59.2 Å². The minimum absolute atomic E-state index is 0.121. The second-order valence-electron chi connectivity index (χ2n) is 6.41. The van der Waals surface area contributed by atoms with Gasteiger partial charge in [0.15, 0.2) is 0 Å². The standard InChI is InChI=1S/C18H24N2/c1-14-9-8-12-16(14)13-17(19-20-18(2,3)4)15-10-6-5-7-11-15/h5-11,17H,12-13H2,1-4H3.